The van der Waals surface area contributed by atoms with Crippen LogP contribution in [0.25, 0.3) is 0 Å². The van der Waals surface area contributed by atoms with E-state index < -0.39 is 0 Å². The van der Waals surface area contributed by atoms with Gasteiger partial charge in [-0.2, -0.15) is 0 Å². The van der Waals surface area contributed by atoms with E-state index in [4.69, 9.17) is 0 Å². The molecule has 0 unspecified atom stereocenters. The fourth-order valence-electron chi connectivity index (χ4n) is 2.53. The van der Waals surface area contributed by atoms with E-state index >= 15 is 0 Å². The van der Waals surface area contributed by atoms with Crippen LogP contribution in [0.4, 0.5) is 0 Å². The number of carbonyl (C=O) groups excluding carboxylic acids is 1. The van der Waals surface area contributed by atoms with Crippen molar-refractivity contribution in [2.75, 3.05) is 13.6 Å². The number of likely N-dealkylation sites (N-methyl/N-ethyl adjacent to an activating group) is 1. The van der Waals surface area contributed by atoms with Crippen molar-refractivity contribution in [3.8, 4) is 0 Å². The first-order valence-corrected chi connectivity index (χ1v) is 6.80. The topological polar surface area (TPSA) is 20.3 Å². The van der Waals surface area contributed by atoms with Crippen molar-refractivity contribution in [3.63, 3.8) is 0 Å². The zero-order chi connectivity index (χ0) is 13.3. The number of aryl methyl sites for hydroxylation is 3. The Morgan fingerprint density at radius 2 is 1.78 bits per heavy atom. The summed E-state index contributed by atoms with van der Waals surface area (Å²) in [6.07, 6.45) is 3.80. The van der Waals surface area contributed by atoms with Gasteiger partial charge in [0.05, 0.1) is 6.54 Å². The lowest BCUT2D eigenvalue weighted by atomic mass is 9.91. The monoisotopic (exact) mass is 245 g/mol. The molecule has 2 rings (SSSR count). The number of benzene rings is 1. The molecule has 0 aliphatic heterocycles. The molecule has 0 aromatic heterocycles. The predicted octanol–water partition coefficient (Wildman–Crippen LogP) is 3.28. The van der Waals surface area contributed by atoms with Gasteiger partial charge < -0.3 is 0 Å². The summed E-state index contributed by atoms with van der Waals surface area (Å²) in [5, 5.41) is 0. The molecule has 1 saturated carbocycles. The fraction of sp³-hybridized carbons (Fsp3) is 0.562. The Morgan fingerprint density at radius 3 is 2.33 bits per heavy atom. The number of hydrogen-bond donors (Lipinski definition) is 0. The first-order chi connectivity index (χ1) is 8.49. The van der Waals surface area contributed by atoms with Crippen molar-refractivity contribution in [2.24, 2.45) is 0 Å². The zero-order valence-corrected chi connectivity index (χ0v) is 11.9. The maximum Gasteiger partial charge on any atom is 0.177 e. The molecule has 1 aromatic carbocycles. The first-order valence-electron chi connectivity index (χ1n) is 6.80. The normalized spacial score (nSPS) is 15.8. The Bertz CT molecular complexity index is 460. The van der Waals surface area contributed by atoms with Crippen LogP contribution in [-0.2, 0) is 0 Å². The number of hydrogen-bond acceptors (Lipinski definition) is 2. The van der Waals surface area contributed by atoms with Gasteiger partial charge in [0.1, 0.15) is 0 Å². The van der Waals surface area contributed by atoms with Crippen LogP contribution in [0.5, 0.6) is 0 Å². The number of nitrogens with zero attached hydrogens (tertiary/aromatic N) is 1. The van der Waals surface area contributed by atoms with Gasteiger partial charge in [0, 0.05) is 11.6 Å². The molecular weight excluding hydrogens is 222 g/mol. The molecule has 2 heteroatoms. The highest BCUT2D eigenvalue weighted by Crippen LogP contribution is 2.24. The van der Waals surface area contributed by atoms with Crippen molar-refractivity contribution in [2.45, 2.75) is 46.1 Å². The third kappa shape index (κ3) is 2.64. The zero-order valence-electron chi connectivity index (χ0n) is 11.9. The lowest BCUT2D eigenvalue weighted by Crippen LogP contribution is -2.40. The second-order valence-corrected chi connectivity index (χ2v) is 5.67. The molecule has 18 heavy (non-hydrogen) atoms. The van der Waals surface area contributed by atoms with Gasteiger partial charge in [0.25, 0.3) is 0 Å². The standard InChI is InChI=1S/C16H23NO/c1-11-8-13(3)15(9-12(11)2)16(18)10-17(4)14-6-5-7-14/h8-9,14H,5-7,10H2,1-4H3. The van der Waals surface area contributed by atoms with E-state index in [1.807, 2.05) is 13.0 Å². The molecule has 1 aliphatic rings. The van der Waals surface area contributed by atoms with E-state index in [0.29, 0.717) is 12.6 Å². The minimum Gasteiger partial charge on any atom is -0.296 e. The summed E-state index contributed by atoms with van der Waals surface area (Å²) in [7, 11) is 2.07. The number of carbonyl (C=O) groups is 1. The van der Waals surface area contributed by atoms with Crippen LogP contribution in [0, 0.1) is 20.8 Å². The van der Waals surface area contributed by atoms with Crippen molar-refractivity contribution in [1.82, 2.24) is 4.90 Å². The Morgan fingerprint density at radius 1 is 1.17 bits per heavy atom. The highest BCUT2D eigenvalue weighted by molar-refractivity contribution is 5.99. The van der Waals surface area contributed by atoms with E-state index in [-0.39, 0.29) is 5.78 Å². The van der Waals surface area contributed by atoms with Crippen LogP contribution in [0.15, 0.2) is 12.1 Å². The molecule has 0 spiro atoms. The SMILES string of the molecule is Cc1cc(C)c(C(=O)CN(C)C2CCC2)cc1C. The van der Waals surface area contributed by atoms with Gasteiger partial charge in [0.2, 0.25) is 0 Å². The molecule has 0 heterocycles. The van der Waals surface area contributed by atoms with Crippen LogP contribution >= 0.6 is 0 Å². The van der Waals surface area contributed by atoms with E-state index in [1.54, 1.807) is 0 Å². The molecule has 2 nitrogen and oxygen atoms in total. The molecule has 0 saturated heterocycles. The van der Waals surface area contributed by atoms with Gasteiger partial charge >= 0.3 is 0 Å². The van der Waals surface area contributed by atoms with Gasteiger partial charge in [-0.25, -0.2) is 0 Å². The van der Waals surface area contributed by atoms with Gasteiger partial charge in [-0.1, -0.05) is 12.5 Å². The molecule has 1 aliphatic carbocycles. The van der Waals surface area contributed by atoms with E-state index in [2.05, 4.69) is 31.9 Å². The third-order valence-electron chi connectivity index (χ3n) is 4.23. The van der Waals surface area contributed by atoms with Crippen molar-refractivity contribution in [3.05, 3.63) is 34.4 Å². The Balaban J connectivity index is 2.10. The van der Waals surface area contributed by atoms with Gasteiger partial charge in [0.15, 0.2) is 5.78 Å². The maximum absolute atomic E-state index is 12.3. The first kappa shape index (κ1) is 13.3. The molecule has 98 valence electrons. The summed E-state index contributed by atoms with van der Waals surface area (Å²) < 4.78 is 0. The molecule has 0 N–H and O–H groups in total. The predicted molar refractivity (Wildman–Crippen MR) is 75.3 cm³/mol. The van der Waals surface area contributed by atoms with Crippen LogP contribution < -0.4 is 0 Å². The van der Waals surface area contributed by atoms with Crippen LogP contribution in [-0.4, -0.2) is 30.3 Å². The molecule has 0 amide bonds. The molecule has 0 radical (unpaired) electrons. The number of rotatable bonds is 4. The minimum absolute atomic E-state index is 0.255. The van der Waals surface area contributed by atoms with Crippen LogP contribution in [0.3, 0.4) is 0 Å². The largest absolute Gasteiger partial charge is 0.296 e. The summed E-state index contributed by atoms with van der Waals surface area (Å²) in [5.41, 5.74) is 4.46. The summed E-state index contributed by atoms with van der Waals surface area (Å²) in [4.78, 5) is 14.6. The quantitative estimate of drug-likeness (QED) is 0.759. The maximum atomic E-state index is 12.3. The Hall–Kier alpha value is -1.15. The smallest absolute Gasteiger partial charge is 0.177 e. The van der Waals surface area contributed by atoms with Crippen LogP contribution in [0.2, 0.25) is 0 Å². The highest BCUT2D eigenvalue weighted by Gasteiger charge is 2.24. The summed E-state index contributed by atoms with van der Waals surface area (Å²) in [5.74, 6) is 0.255. The third-order valence-corrected chi connectivity index (χ3v) is 4.23. The molecular formula is C16H23NO. The minimum atomic E-state index is 0.255. The van der Waals surface area contributed by atoms with E-state index in [1.165, 1.54) is 30.4 Å². The Kier molecular flexibility index (Phi) is 3.86. The van der Waals surface area contributed by atoms with Crippen molar-refractivity contribution in [1.29, 1.82) is 0 Å². The lowest BCUT2D eigenvalue weighted by Gasteiger charge is -2.34. The van der Waals surface area contributed by atoms with E-state index in [0.717, 1.165) is 11.1 Å². The summed E-state index contributed by atoms with van der Waals surface area (Å²) in [6.45, 7) is 6.75. The van der Waals surface area contributed by atoms with Gasteiger partial charge in [-0.3, -0.25) is 9.69 Å². The van der Waals surface area contributed by atoms with Crippen molar-refractivity contribution < 1.29 is 4.79 Å². The summed E-state index contributed by atoms with van der Waals surface area (Å²) in [6, 6.07) is 4.79. The Labute approximate surface area is 110 Å². The highest BCUT2D eigenvalue weighted by atomic mass is 16.1. The molecule has 1 aromatic rings. The van der Waals surface area contributed by atoms with Gasteiger partial charge in [-0.05, 0) is 63.4 Å². The van der Waals surface area contributed by atoms with Gasteiger partial charge in [-0.15, -0.1) is 0 Å². The van der Waals surface area contributed by atoms with Crippen molar-refractivity contribution >= 4 is 5.78 Å². The molecule has 1 fully saturated rings. The second-order valence-electron chi connectivity index (χ2n) is 5.67. The lowest BCUT2D eigenvalue weighted by molar-refractivity contribution is 0.0870. The molecule has 0 atom stereocenters. The average molecular weight is 245 g/mol. The summed E-state index contributed by atoms with van der Waals surface area (Å²) >= 11 is 0. The fourth-order valence-corrected chi connectivity index (χ4v) is 2.53. The van der Waals surface area contributed by atoms with Crippen LogP contribution in [0.1, 0.15) is 46.3 Å². The average Bonchev–Trinajstić information content (AvgIpc) is 2.20. The van der Waals surface area contributed by atoms with E-state index in [9.17, 15) is 4.79 Å². The number of ketones is 1. The molecule has 0 bridgehead atoms. The number of Topliss-reactive ketones (excluding diaryl/α,β-unsaturated/α-hetero) is 1. The second kappa shape index (κ2) is 5.23.